The number of hydrogen-bond acceptors (Lipinski definition) is 4. The van der Waals surface area contributed by atoms with Crippen LogP contribution >= 0.6 is 0 Å². The second kappa shape index (κ2) is 11.6. The number of nitrogens with one attached hydrogen (secondary N) is 1. The van der Waals surface area contributed by atoms with Crippen LogP contribution in [0.25, 0.3) is 0 Å². The third-order valence-corrected chi connectivity index (χ3v) is 6.11. The van der Waals surface area contributed by atoms with Crippen molar-refractivity contribution in [2.45, 2.75) is 38.7 Å². The van der Waals surface area contributed by atoms with E-state index in [1.54, 1.807) is 31.4 Å². The summed E-state index contributed by atoms with van der Waals surface area (Å²) in [5.74, 6) is 4.42. The number of halogens is 1. The van der Waals surface area contributed by atoms with E-state index in [-0.39, 0.29) is 11.2 Å². The molecule has 3 atom stereocenters. The molecule has 1 aliphatic heterocycles. The topological polar surface area (TPSA) is 76.7 Å². The van der Waals surface area contributed by atoms with Crippen molar-refractivity contribution in [3.8, 4) is 11.8 Å². The first-order chi connectivity index (χ1) is 15.6. The van der Waals surface area contributed by atoms with Crippen molar-refractivity contribution in [3.63, 3.8) is 0 Å². The molecule has 0 radical (unpaired) electrons. The van der Waals surface area contributed by atoms with Crippen LogP contribution in [-0.2, 0) is 9.53 Å². The maximum absolute atomic E-state index is 13.6. The molecule has 3 unspecified atom stereocenters. The van der Waals surface area contributed by atoms with E-state index in [0.717, 1.165) is 29.7 Å². The molecule has 5 nitrogen and oxygen atoms in total. The van der Waals surface area contributed by atoms with E-state index in [2.05, 4.69) is 48.8 Å². The Balaban J connectivity index is 1.94. The molecule has 1 amide bonds. The highest BCUT2D eigenvalue weighted by Gasteiger charge is 2.51. The number of rotatable bonds is 10. The predicted octanol–water partition coefficient (Wildman–Crippen LogP) is 4.32. The Morgan fingerprint density at radius 1 is 1.48 bits per heavy atom. The van der Waals surface area contributed by atoms with E-state index >= 15 is 0 Å². The van der Waals surface area contributed by atoms with E-state index in [1.165, 1.54) is 6.08 Å². The Labute approximate surface area is 196 Å². The number of allylic oxidation sites excluding steroid dienone is 4. The second-order valence-electron chi connectivity index (χ2n) is 8.61. The minimum absolute atomic E-state index is 0.219. The molecule has 2 aliphatic rings. The van der Waals surface area contributed by atoms with Gasteiger partial charge in [-0.3, -0.25) is 9.79 Å². The highest BCUT2D eigenvalue weighted by atomic mass is 19.1. The van der Waals surface area contributed by atoms with Gasteiger partial charge in [-0.1, -0.05) is 50.7 Å². The number of hydrogen-bond donors (Lipinski definition) is 2. The van der Waals surface area contributed by atoms with Crippen LogP contribution in [0.5, 0.6) is 0 Å². The van der Waals surface area contributed by atoms with Gasteiger partial charge in [-0.15, -0.1) is 0 Å². The Morgan fingerprint density at radius 2 is 2.24 bits per heavy atom. The van der Waals surface area contributed by atoms with Gasteiger partial charge in [0, 0.05) is 30.5 Å². The van der Waals surface area contributed by atoms with Crippen LogP contribution in [0.15, 0.2) is 77.8 Å². The smallest absolute Gasteiger partial charge is 0.232 e. The Kier molecular flexibility index (Phi) is 9.19. The van der Waals surface area contributed by atoms with Crippen LogP contribution in [-0.4, -0.2) is 37.4 Å². The van der Waals surface area contributed by atoms with Crippen molar-refractivity contribution in [1.29, 1.82) is 0 Å². The van der Waals surface area contributed by atoms with Crippen molar-refractivity contribution >= 4 is 12.1 Å². The summed E-state index contributed by atoms with van der Waals surface area (Å²) in [6.07, 6.45) is 12.4. The number of nitrogens with two attached hydrogens (primary N) is 1. The number of nitrogens with zero attached hydrogens (tertiary/aromatic N) is 1. The summed E-state index contributed by atoms with van der Waals surface area (Å²) in [5, 5.41) is 3.19. The number of aliphatic imine (C=N–C) groups is 1. The van der Waals surface area contributed by atoms with Crippen molar-refractivity contribution in [1.82, 2.24) is 5.32 Å². The molecular formula is C27H34FN3O2. The summed E-state index contributed by atoms with van der Waals surface area (Å²) in [6.45, 7) is 17.3. The van der Waals surface area contributed by atoms with E-state index in [4.69, 9.17) is 10.5 Å². The van der Waals surface area contributed by atoms with Crippen LogP contribution in [0.1, 0.15) is 33.1 Å². The van der Waals surface area contributed by atoms with Crippen LogP contribution in [0.4, 0.5) is 4.39 Å². The Bertz CT molecular complexity index is 971. The van der Waals surface area contributed by atoms with Crippen molar-refractivity contribution < 1.29 is 13.9 Å². The zero-order valence-corrected chi connectivity index (χ0v) is 19.6. The summed E-state index contributed by atoms with van der Waals surface area (Å²) in [4.78, 5) is 15.5. The molecule has 1 heterocycles. The van der Waals surface area contributed by atoms with Gasteiger partial charge in [0.1, 0.15) is 11.4 Å². The molecule has 2 rings (SSSR count). The number of carbonyl (C=O) groups is 1. The van der Waals surface area contributed by atoms with Crippen LogP contribution in [0, 0.1) is 23.2 Å². The number of primary amides is 1. The fourth-order valence-electron chi connectivity index (χ4n) is 3.88. The maximum Gasteiger partial charge on any atom is 0.232 e. The van der Waals surface area contributed by atoms with Gasteiger partial charge in [-0.25, -0.2) is 4.39 Å². The van der Waals surface area contributed by atoms with E-state index < -0.39 is 17.4 Å². The standard InChI is InChI=1S/C27H34FN3O2/c1-6-23(10-7-9-20(2)25(29)32)19-31-22(4)18-30-17-21(3)27(13-8-16-33-27)26(5)14-11-24(28)12-15-26/h6,10-12,14,17,20,31H,1,3-4,8,13,15-16,18-19H2,2,5H3,(H2,29,32)/b23-10+,30-17-. The van der Waals surface area contributed by atoms with Gasteiger partial charge in [-0.05, 0) is 55.6 Å². The normalized spacial score (nSPS) is 25.7. The molecule has 1 aliphatic carbocycles. The molecule has 0 saturated carbocycles. The first-order valence-corrected chi connectivity index (χ1v) is 11.0. The molecule has 176 valence electrons. The third-order valence-electron chi connectivity index (χ3n) is 6.11. The van der Waals surface area contributed by atoms with E-state index in [0.29, 0.717) is 26.1 Å². The first-order valence-electron chi connectivity index (χ1n) is 11.0. The minimum atomic E-state index is -0.599. The van der Waals surface area contributed by atoms with Crippen LogP contribution in [0.3, 0.4) is 0 Å². The van der Waals surface area contributed by atoms with Gasteiger partial charge in [0.25, 0.3) is 0 Å². The average molecular weight is 452 g/mol. The molecule has 0 aromatic carbocycles. The molecular weight excluding hydrogens is 417 g/mol. The molecule has 0 bridgehead atoms. The lowest BCUT2D eigenvalue weighted by Gasteiger charge is -2.45. The molecule has 33 heavy (non-hydrogen) atoms. The lowest BCUT2D eigenvalue weighted by atomic mass is 9.65. The van der Waals surface area contributed by atoms with Crippen LogP contribution in [0.2, 0.25) is 0 Å². The molecule has 6 heteroatoms. The molecule has 0 spiro atoms. The fraction of sp³-hybridized carbons (Fsp3) is 0.407. The summed E-state index contributed by atoms with van der Waals surface area (Å²) in [6, 6.07) is 0. The van der Waals surface area contributed by atoms with Crippen molar-refractivity contribution in [2.24, 2.45) is 22.1 Å². The van der Waals surface area contributed by atoms with Gasteiger partial charge >= 0.3 is 0 Å². The van der Waals surface area contributed by atoms with Gasteiger partial charge in [0.2, 0.25) is 5.91 Å². The molecule has 1 saturated heterocycles. The first kappa shape index (κ1) is 26.1. The van der Waals surface area contributed by atoms with Gasteiger partial charge < -0.3 is 15.8 Å². The number of amides is 1. The SMILES string of the molecule is C=C/C(=C\C#CC(C)C(N)=O)CNC(=C)C/N=C\C(=C)C1(C2(C)C=CC(F)=CC2)CCCO1. The van der Waals surface area contributed by atoms with E-state index in [1.807, 2.05) is 6.08 Å². The largest absolute Gasteiger partial charge is 0.383 e. The fourth-order valence-corrected chi connectivity index (χ4v) is 3.88. The third kappa shape index (κ3) is 6.66. The lowest BCUT2D eigenvalue weighted by Crippen LogP contribution is -2.47. The average Bonchev–Trinajstić information content (AvgIpc) is 3.30. The molecule has 0 aromatic heterocycles. The summed E-state index contributed by atoms with van der Waals surface area (Å²) >= 11 is 0. The van der Waals surface area contributed by atoms with Crippen molar-refractivity contribution in [3.05, 3.63) is 72.8 Å². The van der Waals surface area contributed by atoms with Gasteiger partial charge in [-0.2, -0.15) is 0 Å². The molecule has 3 N–H and O–H groups in total. The zero-order valence-electron chi connectivity index (χ0n) is 19.6. The zero-order chi connectivity index (χ0) is 24.5. The molecule has 1 fully saturated rings. The van der Waals surface area contributed by atoms with E-state index in [9.17, 15) is 9.18 Å². The van der Waals surface area contributed by atoms with Gasteiger partial charge in [0.05, 0.1) is 12.5 Å². The summed E-state index contributed by atoms with van der Waals surface area (Å²) in [7, 11) is 0. The number of ether oxygens (including phenoxy) is 1. The Hall–Kier alpha value is -3.17. The van der Waals surface area contributed by atoms with Gasteiger partial charge in [0.15, 0.2) is 0 Å². The quantitative estimate of drug-likeness (QED) is 0.295. The van der Waals surface area contributed by atoms with Crippen LogP contribution < -0.4 is 11.1 Å². The highest BCUT2D eigenvalue weighted by Crippen LogP contribution is 2.50. The lowest BCUT2D eigenvalue weighted by molar-refractivity contribution is -0.119. The number of carbonyl (C=O) groups excluding carboxylic acids is 1. The maximum atomic E-state index is 13.6. The molecule has 0 aromatic rings. The highest BCUT2D eigenvalue weighted by molar-refractivity contribution is 5.81. The summed E-state index contributed by atoms with van der Waals surface area (Å²) in [5.41, 5.74) is 6.57. The Morgan fingerprint density at radius 3 is 2.82 bits per heavy atom. The van der Waals surface area contributed by atoms with Crippen molar-refractivity contribution in [2.75, 3.05) is 19.7 Å². The second-order valence-corrected chi connectivity index (χ2v) is 8.61. The monoisotopic (exact) mass is 451 g/mol. The predicted molar refractivity (Wildman–Crippen MR) is 133 cm³/mol. The summed E-state index contributed by atoms with van der Waals surface area (Å²) < 4.78 is 19.8. The minimum Gasteiger partial charge on any atom is -0.383 e.